The fraction of sp³-hybridized carbons (Fsp3) is 0. The van der Waals surface area contributed by atoms with Gasteiger partial charge in [0.1, 0.15) is 11.1 Å². The molecule has 0 spiro atoms. The van der Waals surface area contributed by atoms with Crippen molar-refractivity contribution in [3.05, 3.63) is 33.5 Å². The summed E-state index contributed by atoms with van der Waals surface area (Å²) in [6.07, 6.45) is 0. The van der Waals surface area contributed by atoms with Crippen molar-refractivity contribution < 1.29 is 14.3 Å². The first-order valence-electron chi connectivity index (χ1n) is 3.70. The quantitative estimate of drug-likeness (QED) is 0.866. The smallest absolute Gasteiger partial charge is 0.340 e. The van der Waals surface area contributed by atoms with Crippen LogP contribution in [0, 0.1) is 0 Å². The molecule has 0 fully saturated rings. The summed E-state index contributed by atoms with van der Waals surface area (Å²) < 4.78 is 5.40. The van der Waals surface area contributed by atoms with Gasteiger partial charge in [0.2, 0.25) is 0 Å². The highest BCUT2D eigenvalue weighted by atomic mass is 79.9. The van der Waals surface area contributed by atoms with Crippen LogP contribution in [0.5, 0.6) is 0 Å². The van der Waals surface area contributed by atoms with Gasteiger partial charge in [-0.2, -0.15) is 0 Å². The first-order chi connectivity index (χ1) is 6.59. The molecule has 1 heterocycles. The average molecular weight is 275 g/mol. The fourth-order valence-corrected chi connectivity index (χ4v) is 1.97. The van der Waals surface area contributed by atoms with E-state index in [0.29, 0.717) is 16.0 Å². The molecule has 2 rings (SSSR count). The summed E-state index contributed by atoms with van der Waals surface area (Å²) in [5.74, 6) is -1.04. The Hall–Kier alpha value is -1.00. The molecule has 0 aliphatic carbocycles. The first-order valence-corrected chi connectivity index (χ1v) is 4.87. The predicted molar refractivity (Wildman–Crippen MR) is 55.9 cm³/mol. The van der Waals surface area contributed by atoms with E-state index in [1.54, 1.807) is 18.2 Å². The van der Waals surface area contributed by atoms with Gasteiger partial charge in [-0.25, -0.2) is 4.79 Å². The molecule has 0 unspecified atom stereocenters. The zero-order valence-corrected chi connectivity index (χ0v) is 9.09. The van der Waals surface area contributed by atoms with E-state index in [0.717, 1.165) is 0 Å². The van der Waals surface area contributed by atoms with Crippen LogP contribution in [0.2, 0.25) is 5.02 Å². The second kappa shape index (κ2) is 3.29. The maximum Gasteiger partial charge on any atom is 0.340 e. The van der Waals surface area contributed by atoms with Crippen molar-refractivity contribution in [2.75, 3.05) is 0 Å². The van der Waals surface area contributed by atoms with Gasteiger partial charge in [0.05, 0.1) is 0 Å². The second-order valence-corrected chi connectivity index (χ2v) is 3.85. The Labute approximate surface area is 92.4 Å². The molecule has 0 atom stereocenters. The number of rotatable bonds is 1. The van der Waals surface area contributed by atoms with Gasteiger partial charge < -0.3 is 9.52 Å². The SMILES string of the molecule is O=C(O)c1c(Br)oc2ccc(Cl)cc12. The molecule has 14 heavy (non-hydrogen) atoms. The van der Waals surface area contributed by atoms with Gasteiger partial charge in [-0.1, -0.05) is 11.6 Å². The van der Waals surface area contributed by atoms with Crippen molar-refractivity contribution in [3.63, 3.8) is 0 Å². The van der Waals surface area contributed by atoms with Crippen LogP contribution in [0.25, 0.3) is 11.0 Å². The number of hydrogen-bond donors (Lipinski definition) is 1. The van der Waals surface area contributed by atoms with Crippen molar-refractivity contribution in [2.45, 2.75) is 0 Å². The molecule has 2 aromatic rings. The molecule has 1 aromatic carbocycles. The zero-order valence-electron chi connectivity index (χ0n) is 6.75. The number of furan rings is 1. The zero-order chi connectivity index (χ0) is 10.3. The Bertz CT molecular complexity index is 518. The van der Waals surface area contributed by atoms with Gasteiger partial charge >= 0.3 is 5.97 Å². The van der Waals surface area contributed by atoms with Crippen molar-refractivity contribution in [3.8, 4) is 0 Å². The van der Waals surface area contributed by atoms with Crippen molar-refractivity contribution >= 4 is 44.5 Å². The third-order valence-corrected chi connectivity index (χ3v) is 2.61. The normalized spacial score (nSPS) is 10.7. The molecule has 72 valence electrons. The Morgan fingerprint density at radius 2 is 2.21 bits per heavy atom. The van der Waals surface area contributed by atoms with Gasteiger partial charge in [-0.3, -0.25) is 0 Å². The van der Waals surface area contributed by atoms with Gasteiger partial charge in [-0.05, 0) is 34.1 Å². The van der Waals surface area contributed by atoms with E-state index in [2.05, 4.69) is 15.9 Å². The Morgan fingerprint density at radius 3 is 2.86 bits per heavy atom. The monoisotopic (exact) mass is 274 g/mol. The average Bonchev–Trinajstić information content (AvgIpc) is 2.40. The number of carboxylic acid groups (broad SMARTS) is 1. The maximum atomic E-state index is 10.9. The molecule has 0 amide bonds. The molecular formula is C9H4BrClO3. The van der Waals surface area contributed by atoms with E-state index in [4.69, 9.17) is 21.1 Å². The third-order valence-electron chi connectivity index (χ3n) is 1.82. The summed E-state index contributed by atoms with van der Waals surface area (Å²) in [6.45, 7) is 0. The Balaban J connectivity index is 2.86. The second-order valence-electron chi connectivity index (χ2n) is 2.70. The number of carbonyl (C=O) groups is 1. The van der Waals surface area contributed by atoms with Gasteiger partial charge in [0, 0.05) is 10.4 Å². The molecular weight excluding hydrogens is 271 g/mol. The summed E-state index contributed by atoms with van der Waals surface area (Å²) >= 11 is 8.80. The molecule has 3 nitrogen and oxygen atoms in total. The molecule has 1 aromatic heterocycles. The van der Waals surface area contributed by atoms with Crippen molar-refractivity contribution in [2.24, 2.45) is 0 Å². The number of benzene rings is 1. The minimum Gasteiger partial charge on any atom is -0.478 e. The van der Waals surface area contributed by atoms with Gasteiger partial charge in [0.25, 0.3) is 0 Å². The minimum absolute atomic E-state index is 0.0995. The van der Waals surface area contributed by atoms with Crippen LogP contribution in [-0.2, 0) is 0 Å². The van der Waals surface area contributed by atoms with Gasteiger partial charge in [-0.15, -0.1) is 0 Å². The highest BCUT2D eigenvalue weighted by Gasteiger charge is 2.18. The van der Waals surface area contributed by atoms with E-state index in [9.17, 15) is 4.79 Å². The molecule has 0 aliphatic rings. The van der Waals surface area contributed by atoms with E-state index in [-0.39, 0.29) is 10.2 Å². The van der Waals surface area contributed by atoms with Crippen LogP contribution >= 0.6 is 27.5 Å². The molecule has 0 saturated carbocycles. The lowest BCUT2D eigenvalue weighted by Gasteiger charge is -1.91. The summed E-state index contributed by atoms with van der Waals surface area (Å²) in [4.78, 5) is 10.9. The highest BCUT2D eigenvalue weighted by Crippen LogP contribution is 2.31. The molecule has 1 N–H and O–H groups in total. The molecule has 5 heteroatoms. The lowest BCUT2D eigenvalue weighted by molar-refractivity contribution is 0.0696. The number of carboxylic acids is 1. The molecule has 0 bridgehead atoms. The summed E-state index contributed by atoms with van der Waals surface area (Å²) in [5, 5.41) is 9.89. The van der Waals surface area contributed by atoms with Crippen molar-refractivity contribution in [1.29, 1.82) is 0 Å². The fourth-order valence-electron chi connectivity index (χ4n) is 1.24. The number of hydrogen-bond acceptors (Lipinski definition) is 2. The first kappa shape index (κ1) is 9.55. The molecule has 0 radical (unpaired) electrons. The lowest BCUT2D eigenvalue weighted by Crippen LogP contribution is -1.94. The molecule has 0 aliphatic heterocycles. The number of aromatic carboxylic acids is 1. The Morgan fingerprint density at radius 1 is 1.50 bits per heavy atom. The predicted octanol–water partition coefficient (Wildman–Crippen LogP) is 3.55. The standard InChI is InChI=1S/C9H4BrClO3/c10-8-7(9(12)13)5-3-4(11)1-2-6(5)14-8/h1-3H,(H,12,13). The van der Waals surface area contributed by atoms with Crippen LogP contribution in [0.15, 0.2) is 27.3 Å². The van der Waals surface area contributed by atoms with E-state index < -0.39 is 5.97 Å². The largest absolute Gasteiger partial charge is 0.478 e. The van der Waals surface area contributed by atoms with E-state index in [1.807, 2.05) is 0 Å². The van der Waals surface area contributed by atoms with E-state index >= 15 is 0 Å². The number of fused-ring (bicyclic) bond motifs is 1. The Kier molecular flexibility index (Phi) is 2.25. The summed E-state index contributed by atoms with van der Waals surface area (Å²) in [6, 6.07) is 4.84. The van der Waals surface area contributed by atoms with Crippen LogP contribution in [0.1, 0.15) is 10.4 Å². The highest BCUT2D eigenvalue weighted by molar-refractivity contribution is 9.10. The van der Waals surface area contributed by atoms with Crippen LogP contribution in [0.3, 0.4) is 0 Å². The topological polar surface area (TPSA) is 50.4 Å². The minimum atomic E-state index is -1.04. The lowest BCUT2D eigenvalue weighted by atomic mass is 10.2. The maximum absolute atomic E-state index is 10.9. The van der Waals surface area contributed by atoms with Crippen molar-refractivity contribution in [1.82, 2.24) is 0 Å². The summed E-state index contributed by atoms with van der Waals surface area (Å²) in [7, 11) is 0. The van der Waals surface area contributed by atoms with Gasteiger partial charge in [0.15, 0.2) is 4.67 Å². The molecule has 0 saturated heterocycles. The van der Waals surface area contributed by atoms with E-state index in [1.165, 1.54) is 0 Å². The van der Waals surface area contributed by atoms with Crippen LogP contribution in [-0.4, -0.2) is 11.1 Å². The number of halogens is 2. The van der Waals surface area contributed by atoms with Crippen LogP contribution in [0.4, 0.5) is 0 Å². The third kappa shape index (κ3) is 1.40. The summed E-state index contributed by atoms with van der Waals surface area (Å²) in [5.41, 5.74) is 0.598. The van der Waals surface area contributed by atoms with Crippen LogP contribution < -0.4 is 0 Å².